The Morgan fingerprint density at radius 2 is 1.90 bits per heavy atom. The molecule has 1 unspecified atom stereocenters. The number of Topliss-reactive ketones (excluding diaryl/α,β-unsaturated/α-hetero) is 1. The monoisotopic (exact) mass is 364 g/mol. The maximum atomic E-state index is 12.6. The fourth-order valence-electron chi connectivity index (χ4n) is 3.06. The van der Waals surface area contributed by atoms with Crippen molar-refractivity contribution in [3.63, 3.8) is 0 Å². The normalized spacial score (nSPS) is 24.2. The van der Waals surface area contributed by atoms with Crippen LogP contribution in [0.1, 0.15) is 38.3 Å². The van der Waals surface area contributed by atoms with E-state index in [1.54, 1.807) is 0 Å². The number of ketones is 1. The van der Waals surface area contributed by atoms with Crippen molar-refractivity contribution in [1.82, 2.24) is 10.6 Å². The predicted octanol–water partition coefficient (Wildman–Crippen LogP) is 3.61. The molecule has 0 amide bonds. The van der Waals surface area contributed by atoms with Gasteiger partial charge in [-0.15, -0.1) is 0 Å². The Bertz CT molecular complexity index is 649. The van der Waals surface area contributed by atoms with E-state index in [1.807, 2.05) is 24.3 Å². The fraction of sp³-hybridized carbons (Fsp3) is 0.375. The zero-order valence-corrected chi connectivity index (χ0v) is 14.4. The Labute approximate surface area is 138 Å². The molecule has 0 aromatic heterocycles. The molecule has 2 aliphatic rings. The molecule has 1 aromatic carbocycles. The molecule has 0 bridgehead atoms. The SMILES string of the molecule is CC1(C)CC(=O)C2=C(C1)NC(=S)NC2c1ccc(Br)cc1. The van der Waals surface area contributed by atoms with Crippen LogP contribution in [0.15, 0.2) is 40.0 Å². The fourth-order valence-corrected chi connectivity index (χ4v) is 3.57. The van der Waals surface area contributed by atoms with Crippen molar-refractivity contribution in [2.45, 2.75) is 32.7 Å². The Morgan fingerprint density at radius 1 is 1.24 bits per heavy atom. The summed E-state index contributed by atoms with van der Waals surface area (Å²) >= 11 is 8.75. The minimum Gasteiger partial charge on any atom is -0.351 e. The van der Waals surface area contributed by atoms with Crippen molar-refractivity contribution in [2.75, 3.05) is 0 Å². The van der Waals surface area contributed by atoms with Gasteiger partial charge in [0.2, 0.25) is 0 Å². The third-order valence-corrected chi connectivity index (χ3v) is 4.70. The van der Waals surface area contributed by atoms with Gasteiger partial charge in [0.1, 0.15) is 0 Å². The quantitative estimate of drug-likeness (QED) is 0.746. The number of thiocarbonyl (C=S) groups is 1. The first-order chi connectivity index (χ1) is 9.85. The molecule has 1 aromatic rings. The highest BCUT2D eigenvalue weighted by Gasteiger charge is 2.39. The van der Waals surface area contributed by atoms with Gasteiger partial charge in [-0.3, -0.25) is 4.79 Å². The number of hydrogen-bond donors (Lipinski definition) is 2. The molecule has 3 nitrogen and oxygen atoms in total. The van der Waals surface area contributed by atoms with Gasteiger partial charge in [-0.1, -0.05) is 41.9 Å². The van der Waals surface area contributed by atoms with E-state index in [2.05, 4.69) is 40.4 Å². The van der Waals surface area contributed by atoms with Crippen LogP contribution < -0.4 is 10.6 Å². The van der Waals surface area contributed by atoms with Crippen LogP contribution in [0, 0.1) is 5.41 Å². The average molecular weight is 365 g/mol. The second-order valence-corrected chi connectivity index (χ2v) is 7.74. The Kier molecular flexibility index (Phi) is 3.66. The van der Waals surface area contributed by atoms with E-state index < -0.39 is 0 Å². The van der Waals surface area contributed by atoms with Gasteiger partial charge in [-0.05, 0) is 41.7 Å². The number of carbonyl (C=O) groups is 1. The molecule has 0 saturated heterocycles. The smallest absolute Gasteiger partial charge is 0.171 e. The first-order valence-electron chi connectivity index (χ1n) is 6.95. The Hall–Kier alpha value is -1.20. The van der Waals surface area contributed by atoms with Crippen LogP contribution in [0.4, 0.5) is 0 Å². The van der Waals surface area contributed by atoms with E-state index in [-0.39, 0.29) is 17.2 Å². The van der Waals surface area contributed by atoms with Gasteiger partial charge in [0.05, 0.1) is 6.04 Å². The van der Waals surface area contributed by atoms with Gasteiger partial charge in [-0.2, -0.15) is 0 Å². The first-order valence-corrected chi connectivity index (χ1v) is 8.15. The summed E-state index contributed by atoms with van der Waals surface area (Å²) in [6.07, 6.45) is 1.43. The molecule has 1 aliphatic heterocycles. The third-order valence-electron chi connectivity index (χ3n) is 3.95. The van der Waals surface area contributed by atoms with Crippen molar-refractivity contribution >= 4 is 39.0 Å². The van der Waals surface area contributed by atoms with E-state index in [0.717, 1.165) is 27.7 Å². The highest BCUT2D eigenvalue weighted by molar-refractivity contribution is 9.10. The van der Waals surface area contributed by atoms with Gasteiger partial charge in [-0.25, -0.2) is 0 Å². The summed E-state index contributed by atoms with van der Waals surface area (Å²) in [5.41, 5.74) is 2.86. The summed E-state index contributed by atoms with van der Waals surface area (Å²) in [4.78, 5) is 12.6. The lowest BCUT2D eigenvalue weighted by molar-refractivity contribution is -0.118. The number of halogens is 1. The largest absolute Gasteiger partial charge is 0.351 e. The molecule has 0 radical (unpaired) electrons. The van der Waals surface area contributed by atoms with E-state index in [9.17, 15) is 4.79 Å². The summed E-state index contributed by atoms with van der Waals surface area (Å²) < 4.78 is 1.02. The molecule has 0 saturated carbocycles. The van der Waals surface area contributed by atoms with Crippen LogP contribution in [0.2, 0.25) is 0 Å². The second kappa shape index (κ2) is 5.21. The molecular weight excluding hydrogens is 348 g/mol. The Balaban J connectivity index is 2.06. The summed E-state index contributed by atoms with van der Waals surface area (Å²) in [5.74, 6) is 0.205. The molecular formula is C16H17BrN2OS. The second-order valence-electron chi connectivity index (χ2n) is 6.42. The van der Waals surface area contributed by atoms with E-state index in [4.69, 9.17) is 12.2 Å². The molecule has 21 heavy (non-hydrogen) atoms. The lowest BCUT2D eigenvalue weighted by Crippen LogP contribution is -2.48. The molecule has 1 aliphatic carbocycles. The molecule has 2 N–H and O–H groups in total. The summed E-state index contributed by atoms with van der Waals surface area (Å²) in [6.45, 7) is 4.24. The first kappa shape index (κ1) is 14.7. The number of rotatable bonds is 1. The van der Waals surface area contributed by atoms with E-state index in [0.29, 0.717) is 11.5 Å². The van der Waals surface area contributed by atoms with Crippen LogP contribution in [0.25, 0.3) is 0 Å². The zero-order chi connectivity index (χ0) is 15.2. The molecule has 1 heterocycles. The van der Waals surface area contributed by atoms with Crippen molar-refractivity contribution in [3.8, 4) is 0 Å². The van der Waals surface area contributed by atoms with Crippen molar-refractivity contribution < 1.29 is 4.79 Å². The molecule has 110 valence electrons. The van der Waals surface area contributed by atoms with Crippen LogP contribution in [0.3, 0.4) is 0 Å². The van der Waals surface area contributed by atoms with Crippen LogP contribution >= 0.6 is 28.1 Å². The van der Waals surface area contributed by atoms with Gasteiger partial charge >= 0.3 is 0 Å². The topological polar surface area (TPSA) is 41.1 Å². The van der Waals surface area contributed by atoms with E-state index in [1.165, 1.54) is 0 Å². The van der Waals surface area contributed by atoms with Crippen LogP contribution in [0.5, 0.6) is 0 Å². The van der Waals surface area contributed by atoms with Crippen molar-refractivity contribution in [2.24, 2.45) is 5.41 Å². The molecule has 0 fully saturated rings. The number of nitrogens with one attached hydrogen (secondary N) is 2. The number of allylic oxidation sites excluding steroid dienone is 1. The van der Waals surface area contributed by atoms with Crippen molar-refractivity contribution in [1.29, 1.82) is 0 Å². The van der Waals surface area contributed by atoms with Gasteiger partial charge in [0.15, 0.2) is 10.9 Å². The minimum absolute atomic E-state index is 0.0138. The minimum atomic E-state index is -0.148. The summed E-state index contributed by atoms with van der Waals surface area (Å²) in [5, 5.41) is 7.01. The number of carbonyl (C=O) groups excluding carboxylic acids is 1. The summed E-state index contributed by atoms with van der Waals surface area (Å²) in [6, 6.07) is 7.87. The van der Waals surface area contributed by atoms with E-state index >= 15 is 0 Å². The lowest BCUT2D eigenvalue weighted by Gasteiger charge is -2.39. The molecule has 3 rings (SSSR count). The highest BCUT2D eigenvalue weighted by atomic mass is 79.9. The number of benzene rings is 1. The van der Waals surface area contributed by atoms with Gasteiger partial charge in [0, 0.05) is 22.2 Å². The van der Waals surface area contributed by atoms with Crippen LogP contribution in [-0.4, -0.2) is 10.9 Å². The zero-order valence-electron chi connectivity index (χ0n) is 12.0. The van der Waals surface area contributed by atoms with Crippen molar-refractivity contribution in [3.05, 3.63) is 45.6 Å². The van der Waals surface area contributed by atoms with Gasteiger partial charge in [0.25, 0.3) is 0 Å². The molecule has 0 spiro atoms. The third kappa shape index (κ3) is 2.90. The summed E-state index contributed by atoms with van der Waals surface area (Å²) in [7, 11) is 0. The Morgan fingerprint density at radius 3 is 2.57 bits per heavy atom. The van der Waals surface area contributed by atoms with Crippen LogP contribution in [-0.2, 0) is 4.79 Å². The standard InChI is InChI=1S/C16H17BrN2OS/c1-16(2)7-11-13(12(20)8-16)14(19-15(21)18-11)9-3-5-10(17)6-4-9/h3-6,14H,7-8H2,1-2H3,(H2,18,19,21). The van der Waals surface area contributed by atoms with Gasteiger partial charge < -0.3 is 10.6 Å². The maximum Gasteiger partial charge on any atom is 0.171 e. The molecule has 5 heteroatoms. The number of hydrogen-bond acceptors (Lipinski definition) is 2. The highest BCUT2D eigenvalue weighted by Crippen LogP contribution is 2.41. The molecule has 1 atom stereocenters. The maximum absolute atomic E-state index is 12.6. The average Bonchev–Trinajstić information content (AvgIpc) is 2.36. The lowest BCUT2D eigenvalue weighted by atomic mass is 9.73. The predicted molar refractivity (Wildman–Crippen MR) is 90.8 cm³/mol.